The predicted molar refractivity (Wildman–Crippen MR) is 76.0 cm³/mol. The minimum atomic E-state index is -4.60. The second-order valence-corrected chi connectivity index (χ2v) is 5.15. The normalized spacial score (nSPS) is 11.7. The number of aromatic amines is 1. The number of nitrogens with one attached hydrogen (secondary N) is 1. The Kier molecular flexibility index (Phi) is 4.22. The SMILES string of the molecule is CC(C)c1[nH]c(=O)c(-c2ccc(C(F)(F)F)nc2)cc1[N+](=O)[O-]. The van der Waals surface area contributed by atoms with Crippen molar-refractivity contribution in [1.29, 1.82) is 0 Å². The van der Waals surface area contributed by atoms with Crippen LogP contribution in [-0.2, 0) is 6.18 Å². The summed E-state index contributed by atoms with van der Waals surface area (Å²) in [4.78, 5) is 28.2. The molecule has 2 aromatic rings. The number of aromatic nitrogens is 2. The van der Waals surface area contributed by atoms with Gasteiger partial charge < -0.3 is 4.98 Å². The second kappa shape index (κ2) is 5.82. The molecule has 0 fully saturated rings. The number of rotatable bonds is 3. The van der Waals surface area contributed by atoms with Crippen LogP contribution < -0.4 is 5.56 Å². The van der Waals surface area contributed by atoms with Gasteiger partial charge in [0.2, 0.25) is 0 Å². The van der Waals surface area contributed by atoms with Crippen LogP contribution in [0.5, 0.6) is 0 Å². The van der Waals surface area contributed by atoms with Crippen molar-refractivity contribution in [3.8, 4) is 11.1 Å². The number of halogens is 3. The Labute approximate surface area is 128 Å². The van der Waals surface area contributed by atoms with Crippen LogP contribution in [0.2, 0.25) is 0 Å². The molecule has 0 aliphatic heterocycles. The summed E-state index contributed by atoms with van der Waals surface area (Å²) in [6.45, 7) is 3.36. The van der Waals surface area contributed by atoms with Gasteiger partial charge in [-0.1, -0.05) is 19.9 Å². The van der Waals surface area contributed by atoms with Gasteiger partial charge >= 0.3 is 6.18 Å². The Morgan fingerprint density at radius 3 is 2.39 bits per heavy atom. The first kappa shape index (κ1) is 16.7. The summed E-state index contributed by atoms with van der Waals surface area (Å²) in [6.07, 6.45) is -3.73. The van der Waals surface area contributed by atoms with Crippen LogP contribution in [-0.4, -0.2) is 14.9 Å². The summed E-state index contributed by atoms with van der Waals surface area (Å²) in [7, 11) is 0. The van der Waals surface area contributed by atoms with Gasteiger partial charge in [0.05, 0.1) is 16.2 Å². The third kappa shape index (κ3) is 3.38. The second-order valence-electron chi connectivity index (χ2n) is 5.15. The van der Waals surface area contributed by atoms with Crippen molar-refractivity contribution in [1.82, 2.24) is 9.97 Å². The summed E-state index contributed by atoms with van der Waals surface area (Å²) in [6, 6.07) is 2.83. The van der Waals surface area contributed by atoms with Crippen LogP contribution in [0.15, 0.2) is 29.2 Å². The molecule has 2 heterocycles. The van der Waals surface area contributed by atoms with Crippen molar-refractivity contribution in [2.75, 3.05) is 0 Å². The van der Waals surface area contributed by atoms with E-state index in [4.69, 9.17) is 0 Å². The quantitative estimate of drug-likeness (QED) is 0.690. The molecule has 0 aliphatic carbocycles. The van der Waals surface area contributed by atoms with Crippen molar-refractivity contribution < 1.29 is 18.1 Å². The lowest BCUT2D eigenvalue weighted by Gasteiger charge is -2.09. The van der Waals surface area contributed by atoms with Gasteiger partial charge in [-0.3, -0.25) is 19.9 Å². The highest BCUT2D eigenvalue weighted by Crippen LogP contribution is 2.30. The number of pyridine rings is 2. The zero-order valence-electron chi connectivity index (χ0n) is 12.1. The van der Waals surface area contributed by atoms with E-state index < -0.39 is 22.4 Å². The number of alkyl halides is 3. The van der Waals surface area contributed by atoms with Crippen molar-refractivity contribution in [2.45, 2.75) is 25.9 Å². The third-order valence-electron chi connectivity index (χ3n) is 3.19. The summed E-state index contributed by atoms with van der Waals surface area (Å²) >= 11 is 0. The molecule has 1 N–H and O–H groups in total. The molecule has 0 unspecified atom stereocenters. The number of hydrogen-bond acceptors (Lipinski definition) is 4. The average molecular weight is 327 g/mol. The van der Waals surface area contributed by atoms with Crippen LogP contribution in [0.3, 0.4) is 0 Å². The van der Waals surface area contributed by atoms with Gasteiger partial charge in [0, 0.05) is 23.7 Å². The molecule has 0 atom stereocenters. The van der Waals surface area contributed by atoms with Crippen LogP contribution in [0, 0.1) is 10.1 Å². The van der Waals surface area contributed by atoms with E-state index >= 15 is 0 Å². The fraction of sp³-hybridized carbons (Fsp3) is 0.286. The van der Waals surface area contributed by atoms with Crippen molar-refractivity contribution in [3.63, 3.8) is 0 Å². The standard InChI is InChI=1S/C14H12F3N3O3/c1-7(2)12-10(20(22)23)5-9(13(21)19-12)8-3-4-11(18-6-8)14(15,16)17/h3-7H,1-2H3,(H,19,21). The molecule has 23 heavy (non-hydrogen) atoms. The number of nitro groups is 1. The highest BCUT2D eigenvalue weighted by atomic mass is 19.4. The predicted octanol–water partition coefficient (Wildman–Crippen LogP) is 3.49. The maximum atomic E-state index is 12.5. The van der Waals surface area contributed by atoms with Crippen molar-refractivity contribution >= 4 is 5.69 Å². The van der Waals surface area contributed by atoms with Gasteiger partial charge in [0.1, 0.15) is 5.69 Å². The minimum absolute atomic E-state index is 0.0673. The topological polar surface area (TPSA) is 88.9 Å². The van der Waals surface area contributed by atoms with E-state index in [0.717, 1.165) is 24.4 Å². The van der Waals surface area contributed by atoms with Crippen LogP contribution in [0.1, 0.15) is 31.2 Å². The van der Waals surface area contributed by atoms with E-state index in [-0.39, 0.29) is 28.4 Å². The van der Waals surface area contributed by atoms with Gasteiger partial charge in [0.15, 0.2) is 0 Å². The lowest BCUT2D eigenvalue weighted by Crippen LogP contribution is -2.15. The number of hydrogen-bond donors (Lipinski definition) is 1. The van der Waals surface area contributed by atoms with Gasteiger partial charge in [-0.05, 0) is 6.07 Å². The van der Waals surface area contributed by atoms with Gasteiger partial charge in [0.25, 0.3) is 11.2 Å². The molecule has 0 radical (unpaired) electrons. The molecular weight excluding hydrogens is 315 g/mol. The van der Waals surface area contributed by atoms with E-state index in [1.54, 1.807) is 13.8 Å². The first-order chi connectivity index (χ1) is 10.6. The van der Waals surface area contributed by atoms with Gasteiger partial charge in [-0.15, -0.1) is 0 Å². The Bertz CT molecular complexity index is 796. The zero-order chi connectivity index (χ0) is 17.4. The largest absolute Gasteiger partial charge is 0.433 e. The average Bonchev–Trinajstić information content (AvgIpc) is 2.45. The smallest absolute Gasteiger partial charge is 0.319 e. The van der Waals surface area contributed by atoms with Crippen LogP contribution in [0.4, 0.5) is 18.9 Å². The monoisotopic (exact) mass is 327 g/mol. The Balaban J connectivity index is 2.58. The molecular formula is C14H12F3N3O3. The molecule has 0 aliphatic rings. The van der Waals surface area contributed by atoms with Gasteiger partial charge in [-0.2, -0.15) is 13.2 Å². The fourth-order valence-electron chi connectivity index (χ4n) is 2.06. The molecule has 0 bridgehead atoms. The van der Waals surface area contributed by atoms with E-state index in [2.05, 4.69) is 9.97 Å². The van der Waals surface area contributed by atoms with Gasteiger partial charge in [-0.25, -0.2) is 0 Å². The number of nitrogens with zero attached hydrogens (tertiary/aromatic N) is 2. The molecule has 0 saturated carbocycles. The Morgan fingerprint density at radius 2 is 1.96 bits per heavy atom. The highest BCUT2D eigenvalue weighted by molar-refractivity contribution is 5.65. The van der Waals surface area contributed by atoms with E-state index in [1.165, 1.54) is 0 Å². The van der Waals surface area contributed by atoms with E-state index in [0.29, 0.717) is 0 Å². The van der Waals surface area contributed by atoms with E-state index in [1.807, 2.05) is 0 Å². The molecule has 2 rings (SSSR count). The summed E-state index contributed by atoms with van der Waals surface area (Å²) in [5.74, 6) is -0.289. The van der Waals surface area contributed by atoms with E-state index in [9.17, 15) is 28.1 Å². The molecule has 6 nitrogen and oxygen atoms in total. The Morgan fingerprint density at radius 1 is 1.30 bits per heavy atom. The number of H-pyrrole nitrogens is 1. The molecule has 0 amide bonds. The lowest BCUT2D eigenvalue weighted by molar-refractivity contribution is -0.386. The molecule has 122 valence electrons. The first-order valence-corrected chi connectivity index (χ1v) is 6.56. The maximum absolute atomic E-state index is 12.5. The first-order valence-electron chi connectivity index (χ1n) is 6.56. The van der Waals surface area contributed by atoms with Crippen molar-refractivity contribution in [2.24, 2.45) is 0 Å². The molecule has 2 aromatic heterocycles. The minimum Gasteiger partial charge on any atom is -0.319 e. The Hall–Kier alpha value is -2.71. The summed E-state index contributed by atoms with van der Waals surface area (Å²) in [5, 5.41) is 11.1. The molecule has 9 heteroatoms. The van der Waals surface area contributed by atoms with Crippen molar-refractivity contribution in [3.05, 3.63) is 56.3 Å². The molecule has 0 saturated heterocycles. The highest BCUT2D eigenvalue weighted by Gasteiger charge is 2.32. The zero-order valence-corrected chi connectivity index (χ0v) is 12.1. The molecule has 0 aromatic carbocycles. The fourth-order valence-corrected chi connectivity index (χ4v) is 2.06. The molecule has 0 spiro atoms. The summed E-state index contributed by atoms with van der Waals surface area (Å²) in [5.41, 5.74) is -1.91. The van der Waals surface area contributed by atoms with Crippen LogP contribution in [0.25, 0.3) is 11.1 Å². The summed E-state index contributed by atoms with van der Waals surface area (Å²) < 4.78 is 37.5. The third-order valence-corrected chi connectivity index (χ3v) is 3.19. The maximum Gasteiger partial charge on any atom is 0.433 e. The van der Waals surface area contributed by atoms with Crippen LogP contribution >= 0.6 is 0 Å². The lowest BCUT2D eigenvalue weighted by atomic mass is 10.0.